The molecule has 0 fully saturated rings. The van der Waals surface area contributed by atoms with Crippen LogP contribution < -0.4 is 5.32 Å². The van der Waals surface area contributed by atoms with E-state index in [0.717, 1.165) is 66.2 Å². The number of fused-ring (bicyclic) bond motifs is 2. The van der Waals surface area contributed by atoms with Gasteiger partial charge in [-0.15, -0.1) is 17.0 Å². The zero-order valence-electron chi connectivity index (χ0n) is 23.2. The molecule has 2 aromatic carbocycles. The molecule has 224 valence electrons. The lowest BCUT2D eigenvalue weighted by molar-refractivity contribution is -0.137. The van der Waals surface area contributed by atoms with Gasteiger partial charge in [0.2, 0.25) is 0 Å². The highest BCUT2D eigenvalue weighted by Gasteiger charge is 2.31. The fraction of sp³-hybridized carbons (Fsp3) is 0.281. The van der Waals surface area contributed by atoms with Crippen LogP contribution in [0.1, 0.15) is 58.3 Å². The van der Waals surface area contributed by atoms with E-state index in [1.165, 1.54) is 11.1 Å². The van der Waals surface area contributed by atoms with Gasteiger partial charge in [0.1, 0.15) is 5.82 Å². The lowest BCUT2D eigenvalue weighted by atomic mass is 9.90. The molecule has 6 rings (SSSR count). The average Bonchev–Trinajstić information content (AvgIpc) is 3.40. The summed E-state index contributed by atoms with van der Waals surface area (Å²) in [4.78, 5) is 19.5. The van der Waals surface area contributed by atoms with Crippen molar-refractivity contribution < 1.29 is 13.2 Å². The maximum atomic E-state index is 12.9. The minimum Gasteiger partial charge on any atom is -0.341 e. The van der Waals surface area contributed by atoms with E-state index in [0.29, 0.717) is 18.8 Å². The molecule has 5 aromatic rings. The maximum absolute atomic E-state index is 12.9. The molecule has 1 aliphatic carbocycles. The number of nitrogens with zero attached hydrogens (tertiary/aromatic N) is 4. The van der Waals surface area contributed by atoms with Crippen LogP contribution in [0.3, 0.4) is 0 Å². The molecule has 0 radical (unpaired) electrons. The van der Waals surface area contributed by atoms with E-state index in [1.54, 1.807) is 0 Å². The highest BCUT2D eigenvalue weighted by atomic mass is 79.9. The summed E-state index contributed by atoms with van der Waals surface area (Å²) in [7, 11) is 0. The number of hydrogen-bond acceptors (Lipinski definition) is 5. The molecule has 1 aliphatic rings. The Kier molecular flexibility index (Phi) is 9.81. The van der Waals surface area contributed by atoms with Gasteiger partial charge in [0.25, 0.3) is 0 Å². The van der Waals surface area contributed by atoms with Gasteiger partial charge in [0, 0.05) is 32.0 Å². The van der Waals surface area contributed by atoms with Crippen LogP contribution in [0.15, 0.2) is 79.1 Å². The zero-order valence-corrected chi connectivity index (χ0v) is 25.7. The number of alkyl halides is 3. The van der Waals surface area contributed by atoms with Gasteiger partial charge >= 0.3 is 6.18 Å². The van der Waals surface area contributed by atoms with Crippen LogP contribution in [0.4, 0.5) is 13.2 Å². The fourth-order valence-electron chi connectivity index (χ4n) is 5.56. The van der Waals surface area contributed by atoms with Crippen LogP contribution in [0.5, 0.6) is 0 Å². The van der Waals surface area contributed by atoms with Crippen molar-refractivity contribution in [3.8, 4) is 0 Å². The summed E-state index contributed by atoms with van der Waals surface area (Å²) in [5.41, 5.74) is 6.19. The second-order valence-corrected chi connectivity index (χ2v) is 11.0. The molecule has 2 N–H and O–H groups in total. The Hall–Kier alpha value is -3.31. The first-order chi connectivity index (χ1) is 20.3. The molecule has 0 saturated carbocycles. The monoisotopic (exact) mass is 670 g/mol. The van der Waals surface area contributed by atoms with E-state index in [9.17, 15) is 13.2 Å². The first kappa shape index (κ1) is 31.1. The largest absolute Gasteiger partial charge is 0.417 e. The Morgan fingerprint density at radius 1 is 0.953 bits per heavy atom. The minimum absolute atomic E-state index is 0. The molecule has 0 amide bonds. The number of benzene rings is 2. The summed E-state index contributed by atoms with van der Waals surface area (Å²) in [6.07, 6.45) is 1.42. The molecule has 1 unspecified atom stereocenters. The van der Waals surface area contributed by atoms with Gasteiger partial charge in [-0.3, -0.25) is 14.9 Å². The van der Waals surface area contributed by atoms with Crippen LogP contribution in [-0.2, 0) is 38.8 Å². The molecule has 1 atom stereocenters. The minimum atomic E-state index is -4.47. The van der Waals surface area contributed by atoms with Crippen molar-refractivity contribution in [3.63, 3.8) is 0 Å². The highest BCUT2D eigenvalue weighted by molar-refractivity contribution is 8.93. The van der Waals surface area contributed by atoms with Crippen LogP contribution >= 0.6 is 28.6 Å². The van der Waals surface area contributed by atoms with Crippen LogP contribution in [0.2, 0.25) is 5.02 Å². The van der Waals surface area contributed by atoms with E-state index >= 15 is 0 Å². The summed E-state index contributed by atoms with van der Waals surface area (Å²) in [5.74, 6) is 0.926. The number of pyridine rings is 2. The Morgan fingerprint density at radius 2 is 1.74 bits per heavy atom. The molecule has 3 aromatic heterocycles. The molecule has 6 nitrogen and oxygen atoms in total. The second kappa shape index (κ2) is 13.5. The van der Waals surface area contributed by atoms with Crippen molar-refractivity contribution in [3.05, 3.63) is 124 Å². The average molecular weight is 672 g/mol. The van der Waals surface area contributed by atoms with Gasteiger partial charge in [-0.1, -0.05) is 54.1 Å². The van der Waals surface area contributed by atoms with E-state index in [1.807, 2.05) is 36.5 Å². The van der Waals surface area contributed by atoms with Gasteiger partial charge in [0.15, 0.2) is 0 Å². The SMILES string of the molecule is Br.FC(F)(F)c1cnc(CNCc2ccc(CN(Cc3nc4ccccc4[nH]3)C3CCCc4cccnc43)cc2)c(Cl)c1. The molecule has 43 heavy (non-hydrogen) atoms. The smallest absolute Gasteiger partial charge is 0.341 e. The van der Waals surface area contributed by atoms with Crippen LogP contribution in [-0.4, -0.2) is 24.8 Å². The molecule has 0 saturated heterocycles. The summed E-state index contributed by atoms with van der Waals surface area (Å²) in [6.45, 7) is 2.19. The molecule has 0 bridgehead atoms. The van der Waals surface area contributed by atoms with Crippen molar-refractivity contribution in [2.75, 3.05) is 0 Å². The van der Waals surface area contributed by atoms with Crippen LogP contribution in [0, 0.1) is 0 Å². The first-order valence-electron chi connectivity index (χ1n) is 13.9. The third-order valence-electron chi connectivity index (χ3n) is 7.67. The van der Waals surface area contributed by atoms with Crippen molar-refractivity contribution in [1.82, 2.24) is 30.2 Å². The molecular formula is C32H31BrClF3N6. The number of halogens is 5. The fourth-order valence-corrected chi connectivity index (χ4v) is 5.80. The summed E-state index contributed by atoms with van der Waals surface area (Å²) in [5, 5.41) is 3.22. The third kappa shape index (κ3) is 7.44. The number of nitrogens with one attached hydrogen (secondary N) is 2. The highest BCUT2D eigenvalue weighted by Crippen LogP contribution is 2.35. The normalized spacial score (nSPS) is 15.0. The van der Waals surface area contributed by atoms with Gasteiger partial charge < -0.3 is 10.3 Å². The third-order valence-corrected chi connectivity index (χ3v) is 8.00. The predicted octanol–water partition coefficient (Wildman–Crippen LogP) is 7.97. The quantitative estimate of drug-likeness (QED) is 0.166. The van der Waals surface area contributed by atoms with E-state index in [4.69, 9.17) is 21.6 Å². The Bertz CT molecular complexity index is 1640. The van der Waals surface area contributed by atoms with Gasteiger partial charge in [-0.2, -0.15) is 13.2 Å². The summed E-state index contributed by atoms with van der Waals surface area (Å²) in [6, 6.07) is 21.7. The van der Waals surface area contributed by atoms with E-state index in [2.05, 4.69) is 50.5 Å². The standard InChI is InChI=1S/C32H30ClF3N6.BrH/c33-25-15-24(32(34,35)36)17-39-28(25)18-37-16-21-10-12-22(13-11-21)19-42(20-30-40-26-7-1-2-8-27(26)41-30)29-9-3-5-23-6-4-14-38-31(23)29;/h1-2,4,6-8,10-15,17,29,37H,3,5,9,16,18-20H2,(H,40,41);1H. The number of hydrogen-bond donors (Lipinski definition) is 2. The lowest BCUT2D eigenvalue weighted by Crippen LogP contribution is -2.31. The van der Waals surface area contributed by atoms with Crippen molar-refractivity contribution in [1.29, 1.82) is 0 Å². The van der Waals surface area contributed by atoms with Gasteiger partial charge in [-0.25, -0.2) is 4.98 Å². The van der Waals surface area contributed by atoms with Crippen molar-refractivity contribution >= 4 is 39.6 Å². The number of H-pyrrole nitrogens is 1. The van der Waals surface area contributed by atoms with Crippen LogP contribution in [0.25, 0.3) is 11.0 Å². The number of para-hydroxylation sites is 2. The molecule has 3 heterocycles. The van der Waals surface area contributed by atoms with Gasteiger partial charge in [-0.05, 0) is 60.2 Å². The second-order valence-electron chi connectivity index (χ2n) is 10.6. The summed E-state index contributed by atoms with van der Waals surface area (Å²) >= 11 is 6.04. The number of rotatable bonds is 9. The molecular weight excluding hydrogens is 641 g/mol. The number of aromatic nitrogens is 4. The van der Waals surface area contributed by atoms with Crippen molar-refractivity contribution in [2.24, 2.45) is 0 Å². The number of imidazole rings is 1. The van der Waals surface area contributed by atoms with Crippen molar-refractivity contribution in [2.45, 2.75) is 57.7 Å². The Balaban J connectivity index is 0.00000368. The number of aromatic amines is 1. The lowest BCUT2D eigenvalue weighted by Gasteiger charge is -2.34. The Morgan fingerprint density at radius 3 is 2.51 bits per heavy atom. The molecule has 0 aliphatic heterocycles. The zero-order chi connectivity index (χ0) is 29.1. The molecule has 0 spiro atoms. The first-order valence-corrected chi connectivity index (χ1v) is 14.3. The maximum Gasteiger partial charge on any atom is 0.417 e. The predicted molar refractivity (Wildman–Crippen MR) is 167 cm³/mol. The number of aryl methyl sites for hydroxylation is 1. The molecule has 11 heteroatoms. The van der Waals surface area contributed by atoms with Gasteiger partial charge in [0.05, 0.1) is 45.6 Å². The summed E-state index contributed by atoms with van der Waals surface area (Å²) < 4.78 is 38.7. The van der Waals surface area contributed by atoms with E-state index < -0.39 is 11.7 Å². The van der Waals surface area contributed by atoms with E-state index in [-0.39, 0.29) is 34.6 Å². The topological polar surface area (TPSA) is 69.7 Å². The Labute approximate surface area is 263 Å².